The molecule has 0 fully saturated rings. The maximum Gasteiger partial charge on any atom is 0.330 e. The van der Waals surface area contributed by atoms with E-state index in [1.54, 1.807) is 24.3 Å². The number of hydrogen-bond acceptors (Lipinski definition) is 8. The average Bonchev–Trinajstić information content (AvgIpc) is 2.76. The van der Waals surface area contributed by atoms with E-state index in [-0.39, 0.29) is 19.2 Å². The number of aliphatic hydroxyl groups excluding tert-OH is 2. The van der Waals surface area contributed by atoms with E-state index in [4.69, 9.17) is 10.2 Å². The minimum atomic E-state index is -0.429. The maximum atomic E-state index is 10.8. The first kappa shape index (κ1) is 22.9. The molecule has 0 amide bonds. The van der Waals surface area contributed by atoms with Gasteiger partial charge >= 0.3 is 11.9 Å². The topological polar surface area (TPSA) is 119 Å². The van der Waals surface area contributed by atoms with Gasteiger partial charge < -0.3 is 19.7 Å². The molecule has 8 heteroatoms. The van der Waals surface area contributed by atoms with E-state index in [0.29, 0.717) is 29.9 Å². The van der Waals surface area contributed by atoms with Crippen LogP contribution in [0.15, 0.2) is 42.5 Å². The summed E-state index contributed by atoms with van der Waals surface area (Å²) >= 11 is 0. The molecule has 0 aliphatic heterocycles. The van der Waals surface area contributed by atoms with Crippen LogP contribution in [0.5, 0.6) is 0 Å². The van der Waals surface area contributed by atoms with Gasteiger partial charge in [-0.05, 0) is 30.3 Å². The van der Waals surface area contributed by atoms with Crippen molar-refractivity contribution in [2.24, 2.45) is 0 Å². The van der Waals surface area contributed by atoms with Crippen molar-refractivity contribution < 1.29 is 29.3 Å². The highest BCUT2D eigenvalue weighted by atomic mass is 16.5. The van der Waals surface area contributed by atoms with Gasteiger partial charge in [0.15, 0.2) is 0 Å². The smallest absolute Gasteiger partial charge is 0.330 e. The Labute approximate surface area is 163 Å². The molecule has 2 aromatic rings. The van der Waals surface area contributed by atoms with Gasteiger partial charge in [0.05, 0.1) is 50.9 Å². The van der Waals surface area contributed by atoms with Crippen molar-refractivity contribution in [3.8, 4) is 0 Å². The predicted molar refractivity (Wildman–Crippen MR) is 102 cm³/mol. The molecule has 0 aromatic carbocycles. The van der Waals surface area contributed by atoms with Crippen molar-refractivity contribution in [1.82, 2.24) is 9.97 Å². The van der Waals surface area contributed by atoms with Gasteiger partial charge in [-0.2, -0.15) is 0 Å². The van der Waals surface area contributed by atoms with E-state index >= 15 is 0 Å². The van der Waals surface area contributed by atoms with Crippen molar-refractivity contribution in [3.05, 3.63) is 65.2 Å². The van der Waals surface area contributed by atoms with Crippen molar-refractivity contribution in [2.45, 2.75) is 26.1 Å². The van der Waals surface area contributed by atoms with E-state index in [9.17, 15) is 9.59 Å². The summed E-state index contributed by atoms with van der Waals surface area (Å²) in [5.41, 5.74) is 2.59. The summed E-state index contributed by atoms with van der Waals surface area (Å²) in [6, 6.07) is 10.6. The number of hydrogen-bond donors (Lipinski definition) is 2. The lowest BCUT2D eigenvalue weighted by Gasteiger charge is -2.01. The lowest BCUT2D eigenvalue weighted by Crippen LogP contribution is -2.03. The van der Waals surface area contributed by atoms with E-state index in [2.05, 4.69) is 19.4 Å². The maximum absolute atomic E-state index is 10.8. The summed E-state index contributed by atoms with van der Waals surface area (Å²) in [4.78, 5) is 29.8. The molecule has 0 radical (unpaired) electrons. The normalized spacial score (nSPS) is 10.1. The summed E-state index contributed by atoms with van der Waals surface area (Å²) in [7, 11) is 2.67. The van der Waals surface area contributed by atoms with Crippen LogP contribution in [-0.4, -0.2) is 46.3 Å². The number of aryl methyl sites for hydroxylation is 1. The number of esters is 2. The highest BCUT2D eigenvalue weighted by Crippen LogP contribution is 2.03. The van der Waals surface area contributed by atoms with Gasteiger partial charge in [0.2, 0.25) is 0 Å². The highest BCUT2D eigenvalue weighted by Gasteiger charge is 2.02. The van der Waals surface area contributed by atoms with Gasteiger partial charge in [0.1, 0.15) is 0 Å². The van der Waals surface area contributed by atoms with Crippen LogP contribution < -0.4 is 0 Å². The Morgan fingerprint density at radius 1 is 0.929 bits per heavy atom. The number of aromatic nitrogens is 2. The lowest BCUT2D eigenvalue weighted by atomic mass is 10.2. The Kier molecular flexibility index (Phi) is 10.8. The molecule has 0 spiro atoms. The quantitative estimate of drug-likeness (QED) is 0.540. The van der Waals surface area contributed by atoms with E-state index in [1.165, 1.54) is 26.4 Å². The Bertz CT molecular complexity index is 792. The highest BCUT2D eigenvalue weighted by molar-refractivity contribution is 5.86. The molecule has 2 heterocycles. The molecule has 0 bridgehead atoms. The van der Waals surface area contributed by atoms with Crippen molar-refractivity contribution in [2.75, 3.05) is 14.2 Å². The fraction of sp³-hybridized carbons (Fsp3) is 0.300. The van der Waals surface area contributed by atoms with Crippen molar-refractivity contribution in [3.63, 3.8) is 0 Å². The lowest BCUT2D eigenvalue weighted by molar-refractivity contribution is -0.140. The average molecular weight is 388 g/mol. The molecule has 8 nitrogen and oxygen atoms in total. The zero-order valence-corrected chi connectivity index (χ0v) is 15.9. The minimum absolute atomic E-state index is 0.0773. The van der Waals surface area contributed by atoms with Gasteiger partial charge in [0, 0.05) is 18.2 Å². The Balaban J connectivity index is 0.000000280. The zero-order valence-electron chi connectivity index (χ0n) is 15.9. The molecule has 0 saturated carbocycles. The first-order valence-corrected chi connectivity index (χ1v) is 8.47. The second-order valence-electron chi connectivity index (χ2n) is 5.42. The first-order valence-electron chi connectivity index (χ1n) is 8.47. The molecule has 2 rings (SSSR count). The molecule has 0 atom stereocenters. The molecule has 0 unspecified atom stereocenters. The third-order valence-corrected chi connectivity index (χ3v) is 3.42. The number of aliphatic hydroxyl groups is 2. The van der Waals surface area contributed by atoms with Crippen LogP contribution in [-0.2, 0) is 38.7 Å². The minimum Gasteiger partial charge on any atom is -0.469 e. The zero-order chi connectivity index (χ0) is 20.8. The summed E-state index contributed by atoms with van der Waals surface area (Å²) in [6.45, 7) is -0.189. The van der Waals surface area contributed by atoms with Gasteiger partial charge in [0.25, 0.3) is 0 Å². The Morgan fingerprint density at radius 3 is 2.14 bits per heavy atom. The SMILES string of the molecule is COC(=O)/C=C/c1cccc(CO)n1.COC(=O)CCc1cccc(CO)n1. The van der Waals surface area contributed by atoms with Crippen LogP contribution in [0.25, 0.3) is 6.08 Å². The van der Waals surface area contributed by atoms with Crippen LogP contribution >= 0.6 is 0 Å². The monoisotopic (exact) mass is 388 g/mol. The molecule has 0 saturated heterocycles. The van der Waals surface area contributed by atoms with Gasteiger partial charge in [-0.15, -0.1) is 0 Å². The summed E-state index contributed by atoms with van der Waals surface area (Å²) in [5.74, 6) is -0.678. The molecule has 2 N–H and O–H groups in total. The van der Waals surface area contributed by atoms with Crippen LogP contribution in [0, 0.1) is 0 Å². The summed E-state index contributed by atoms with van der Waals surface area (Å²) in [6.07, 6.45) is 3.67. The summed E-state index contributed by atoms with van der Waals surface area (Å²) < 4.78 is 8.94. The van der Waals surface area contributed by atoms with Gasteiger partial charge in [-0.3, -0.25) is 14.8 Å². The number of ether oxygens (including phenoxy) is 2. The van der Waals surface area contributed by atoms with Crippen molar-refractivity contribution >= 4 is 18.0 Å². The van der Waals surface area contributed by atoms with Crippen LogP contribution in [0.3, 0.4) is 0 Å². The second-order valence-corrected chi connectivity index (χ2v) is 5.42. The van der Waals surface area contributed by atoms with Crippen molar-refractivity contribution in [1.29, 1.82) is 0 Å². The fourth-order valence-electron chi connectivity index (χ4n) is 1.99. The number of carbonyl (C=O) groups is 2. The second kappa shape index (κ2) is 13.1. The largest absolute Gasteiger partial charge is 0.469 e. The Hall–Kier alpha value is -3.10. The van der Waals surface area contributed by atoms with Crippen LogP contribution in [0.4, 0.5) is 0 Å². The number of nitrogens with zero attached hydrogens (tertiary/aromatic N) is 2. The molecule has 0 aliphatic rings. The molecule has 2 aromatic heterocycles. The fourth-order valence-corrected chi connectivity index (χ4v) is 1.99. The predicted octanol–water partition coefficient (Wildman–Crippen LogP) is 1.44. The van der Waals surface area contributed by atoms with Gasteiger partial charge in [-0.1, -0.05) is 12.1 Å². The third-order valence-electron chi connectivity index (χ3n) is 3.42. The number of rotatable bonds is 7. The van der Waals surface area contributed by atoms with Gasteiger partial charge in [-0.25, -0.2) is 4.79 Å². The first-order chi connectivity index (χ1) is 13.5. The number of methoxy groups -OCH3 is 2. The van der Waals surface area contributed by atoms with Crippen LogP contribution in [0.1, 0.15) is 29.2 Å². The number of pyridine rings is 2. The summed E-state index contributed by atoms with van der Waals surface area (Å²) in [5, 5.41) is 17.6. The molecule has 28 heavy (non-hydrogen) atoms. The number of carbonyl (C=O) groups excluding carboxylic acids is 2. The van der Waals surface area contributed by atoms with E-state index < -0.39 is 5.97 Å². The van der Waals surface area contributed by atoms with E-state index in [0.717, 1.165) is 5.69 Å². The van der Waals surface area contributed by atoms with Crippen LogP contribution in [0.2, 0.25) is 0 Å². The third kappa shape index (κ3) is 9.02. The Morgan fingerprint density at radius 2 is 1.54 bits per heavy atom. The van der Waals surface area contributed by atoms with E-state index in [1.807, 2.05) is 12.1 Å². The molecular formula is C20H24N2O6. The molecule has 0 aliphatic carbocycles. The standard InChI is InChI=1S/C10H13NO3.C10H11NO3/c2*1-14-10(13)6-5-8-3-2-4-9(7-12)11-8/h2-4,12H,5-7H2,1H3;2-6,12H,7H2,1H3/b;6-5+. The molecule has 150 valence electrons. The molecular weight excluding hydrogens is 364 g/mol.